The minimum Gasteiger partial charge on any atom is -0.251 e. The fourth-order valence-electron chi connectivity index (χ4n) is 0.401. The Balaban J connectivity index is 3.80. The van der Waals surface area contributed by atoms with E-state index < -0.39 is 0 Å². The van der Waals surface area contributed by atoms with Gasteiger partial charge in [-0.1, -0.05) is 31.4 Å². The van der Waals surface area contributed by atoms with Crippen LogP contribution in [-0.4, -0.2) is 11.9 Å². The maximum Gasteiger partial charge on any atom is 0.107 e. The number of rotatable bonds is 4. The van der Waals surface area contributed by atoms with Gasteiger partial charge in [-0.15, -0.1) is 0 Å². The van der Waals surface area contributed by atoms with Gasteiger partial charge in [-0.3, -0.25) is 5.26 Å². The zero-order valence-electron chi connectivity index (χ0n) is 5.21. The maximum absolute atomic E-state index is 7.97. The van der Waals surface area contributed by atoms with Crippen LogP contribution in [0.5, 0.6) is 0 Å². The van der Waals surface area contributed by atoms with Crippen molar-refractivity contribution in [2.45, 2.75) is 0 Å². The molecule has 0 aromatic carbocycles. The Hall–Kier alpha value is -0.860. The van der Waals surface area contributed by atoms with E-state index in [1.54, 1.807) is 18.2 Å². The summed E-state index contributed by atoms with van der Waals surface area (Å²) in [6.07, 6.45) is 4.91. The van der Waals surface area contributed by atoms with Crippen LogP contribution in [0.4, 0.5) is 0 Å². The third-order valence-corrected chi connectivity index (χ3v) is 0.825. The Morgan fingerprint density at radius 2 is 2.22 bits per heavy atom. The third-order valence-electron chi connectivity index (χ3n) is 0.825. The van der Waals surface area contributed by atoms with Gasteiger partial charge in [0.05, 0.1) is 0 Å². The van der Waals surface area contributed by atoms with Crippen molar-refractivity contribution in [3.8, 4) is 0 Å². The predicted octanol–water partition coefficient (Wildman–Crippen LogP) is 1.77. The van der Waals surface area contributed by atoms with Gasteiger partial charge in [-0.2, -0.15) is 0 Å². The Morgan fingerprint density at radius 3 is 2.56 bits per heavy atom. The molecule has 0 radical (unpaired) electrons. The van der Waals surface area contributed by atoms with Crippen LogP contribution < -0.4 is 0 Å². The van der Waals surface area contributed by atoms with Crippen LogP contribution in [0.1, 0.15) is 0 Å². The molecule has 50 valence electrons. The van der Waals surface area contributed by atoms with E-state index in [1.807, 2.05) is 0 Å². The second-order valence-electron chi connectivity index (χ2n) is 1.45. The van der Waals surface area contributed by atoms with Gasteiger partial charge in [-0.25, -0.2) is 4.89 Å². The second kappa shape index (κ2) is 5.28. The fraction of sp³-hybridized carbons (Fsp3) is 0.143. The zero-order valence-corrected chi connectivity index (χ0v) is 5.21. The third kappa shape index (κ3) is 3.70. The van der Waals surface area contributed by atoms with Crippen molar-refractivity contribution < 1.29 is 10.1 Å². The molecule has 0 atom stereocenters. The lowest BCUT2D eigenvalue weighted by atomic mass is 10.2. The van der Waals surface area contributed by atoms with Crippen molar-refractivity contribution in [3.05, 3.63) is 37.0 Å². The summed E-state index contributed by atoms with van der Waals surface area (Å²) in [7, 11) is 0. The van der Waals surface area contributed by atoms with Crippen LogP contribution in [0.25, 0.3) is 0 Å². The highest BCUT2D eigenvalue weighted by atomic mass is 17.1. The summed E-state index contributed by atoms with van der Waals surface area (Å²) in [5.41, 5.74) is 0.799. The van der Waals surface area contributed by atoms with Crippen LogP contribution in [0.15, 0.2) is 37.0 Å². The normalized spacial score (nSPS) is 11.0. The van der Waals surface area contributed by atoms with Gasteiger partial charge in [0.25, 0.3) is 0 Å². The highest BCUT2D eigenvalue weighted by Gasteiger charge is 1.86. The topological polar surface area (TPSA) is 29.5 Å². The Morgan fingerprint density at radius 1 is 1.56 bits per heavy atom. The van der Waals surface area contributed by atoms with Gasteiger partial charge in [0.15, 0.2) is 0 Å². The smallest absolute Gasteiger partial charge is 0.107 e. The molecule has 0 rings (SSSR count). The quantitative estimate of drug-likeness (QED) is 0.353. The first-order valence-electron chi connectivity index (χ1n) is 2.55. The molecule has 2 heteroatoms. The molecule has 0 bridgehead atoms. The SMILES string of the molecule is C=C/C=C(\C=C)COO. The average molecular weight is 126 g/mol. The van der Waals surface area contributed by atoms with Crippen molar-refractivity contribution in [2.75, 3.05) is 6.61 Å². The van der Waals surface area contributed by atoms with Crippen LogP contribution in [0, 0.1) is 0 Å². The molecule has 0 spiro atoms. The molecule has 0 aliphatic rings. The molecule has 0 heterocycles. The first kappa shape index (κ1) is 8.14. The molecule has 0 aliphatic heterocycles. The minimum atomic E-state index is 0.162. The van der Waals surface area contributed by atoms with E-state index in [4.69, 9.17) is 5.26 Å². The van der Waals surface area contributed by atoms with E-state index in [0.717, 1.165) is 5.57 Å². The molecule has 0 saturated carbocycles. The molecule has 1 N–H and O–H groups in total. The molecule has 0 unspecified atom stereocenters. The highest BCUT2D eigenvalue weighted by Crippen LogP contribution is 1.94. The van der Waals surface area contributed by atoms with Crippen LogP contribution in [-0.2, 0) is 4.89 Å². The first-order chi connectivity index (χ1) is 4.35. The minimum absolute atomic E-state index is 0.162. The molecule has 9 heavy (non-hydrogen) atoms. The summed E-state index contributed by atoms with van der Waals surface area (Å²) < 4.78 is 0. The highest BCUT2D eigenvalue weighted by molar-refractivity contribution is 5.21. The summed E-state index contributed by atoms with van der Waals surface area (Å²) in [5.74, 6) is 0. The molecule has 0 aliphatic carbocycles. The summed E-state index contributed by atoms with van der Waals surface area (Å²) in [6, 6.07) is 0. The molecule has 0 fully saturated rings. The van der Waals surface area contributed by atoms with Gasteiger partial charge in [0.2, 0.25) is 0 Å². The van der Waals surface area contributed by atoms with Gasteiger partial charge < -0.3 is 0 Å². The molecule has 0 aromatic rings. The standard InChI is InChI=1S/C7H10O2/c1-3-5-7(4-2)6-9-8/h3-5,8H,1-2,6H2/b7-5+. The van der Waals surface area contributed by atoms with Gasteiger partial charge >= 0.3 is 0 Å². The number of hydrogen-bond acceptors (Lipinski definition) is 2. The monoisotopic (exact) mass is 126 g/mol. The maximum atomic E-state index is 7.97. The lowest BCUT2D eigenvalue weighted by Crippen LogP contribution is -1.89. The zero-order chi connectivity index (χ0) is 7.11. The van der Waals surface area contributed by atoms with Gasteiger partial charge in [-0.05, 0) is 5.57 Å². The Kier molecular flexibility index (Phi) is 4.78. The average Bonchev–Trinajstić information content (AvgIpc) is 1.88. The summed E-state index contributed by atoms with van der Waals surface area (Å²) in [6.45, 7) is 7.12. The van der Waals surface area contributed by atoms with Gasteiger partial charge in [0.1, 0.15) is 6.61 Å². The molecule has 0 saturated heterocycles. The van der Waals surface area contributed by atoms with E-state index in [2.05, 4.69) is 18.0 Å². The van der Waals surface area contributed by atoms with Crippen molar-refractivity contribution in [1.82, 2.24) is 0 Å². The molecular weight excluding hydrogens is 116 g/mol. The number of hydrogen-bond donors (Lipinski definition) is 1. The molecule has 0 amide bonds. The van der Waals surface area contributed by atoms with Crippen LogP contribution in [0.2, 0.25) is 0 Å². The first-order valence-corrected chi connectivity index (χ1v) is 2.55. The largest absolute Gasteiger partial charge is 0.251 e. The van der Waals surface area contributed by atoms with Crippen molar-refractivity contribution in [1.29, 1.82) is 0 Å². The van der Waals surface area contributed by atoms with Gasteiger partial charge in [0, 0.05) is 0 Å². The molecular formula is C7H10O2. The summed E-state index contributed by atoms with van der Waals surface area (Å²) in [4.78, 5) is 3.86. The van der Waals surface area contributed by atoms with E-state index >= 15 is 0 Å². The second-order valence-corrected chi connectivity index (χ2v) is 1.45. The van der Waals surface area contributed by atoms with Crippen LogP contribution >= 0.6 is 0 Å². The van der Waals surface area contributed by atoms with Crippen molar-refractivity contribution in [2.24, 2.45) is 0 Å². The van der Waals surface area contributed by atoms with E-state index in [-0.39, 0.29) is 6.61 Å². The summed E-state index contributed by atoms with van der Waals surface area (Å²) >= 11 is 0. The molecule has 2 nitrogen and oxygen atoms in total. The Labute approximate surface area is 54.7 Å². The van der Waals surface area contributed by atoms with Crippen molar-refractivity contribution >= 4 is 0 Å². The fourth-order valence-corrected chi connectivity index (χ4v) is 0.401. The van der Waals surface area contributed by atoms with E-state index in [1.165, 1.54) is 0 Å². The van der Waals surface area contributed by atoms with Crippen molar-refractivity contribution in [3.63, 3.8) is 0 Å². The number of allylic oxidation sites excluding steroid dienone is 2. The lowest BCUT2D eigenvalue weighted by molar-refractivity contribution is -0.233. The van der Waals surface area contributed by atoms with Crippen LogP contribution in [0.3, 0.4) is 0 Å². The van der Waals surface area contributed by atoms with E-state index in [0.29, 0.717) is 0 Å². The van der Waals surface area contributed by atoms with E-state index in [9.17, 15) is 0 Å². The molecule has 0 aromatic heterocycles. The lowest BCUT2D eigenvalue weighted by Gasteiger charge is -1.93. The predicted molar refractivity (Wildman–Crippen MR) is 37.1 cm³/mol. The Bertz CT molecular complexity index is 125. The summed E-state index contributed by atoms with van der Waals surface area (Å²) in [5, 5.41) is 7.97.